The summed E-state index contributed by atoms with van der Waals surface area (Å²) in [5.41, 5.74) is 6.09. The summed E-state index contributed by atoms with van der Waals surface area (Å²) in [4.78, 5) is 4.49. The first-order valence-corrected chi connectivity index (χ1v) is 7.00. The molecule has 2 fully saturated rings. The number of hydrogen-bond acceptors (Lipinski definition) is 5. The molecule has 1 aromatic heterocycles. The topological polar surface area (TPSA) is 77.6 Å². The molecule has 0 bridgehead atoms. The van der Waals surface area contributed by atoms with Crippen molar-refractivity contribution < 1.29 is 14.4 Å². The Kier molecular flexibility index (Phi) is 2.75. The van der Waals surface area contributed by atoms with E-state index in [1.165, 1.54) is 0 Å². The van der Waals surface area contributed by atoms with Crippen molar-refractivity contribution in [1.29, 1.82) is 0 Å². The average molecular weight is 276 g/mol. The van der Waals surface area contributed by atoms with Crippen LogP contribution in [0, 0.1) is 0 Å². The number of nitrogens with zero attached hydrogens (tertiary/aromatic N) is 1. The van der Waals surface area contributed by atoms with E-state index in [0.717, 1.165) is 12.8 Å². The highest BCUT2D eigenvalue weighted by Gasteiger charge is 2.53. The first-order chi connectivity index (χ1) is 9.15. The van der Waals surface area contributed by atoms with Crippen molar-refractivity contribution in [3.8, 4) is 0 Å². The van der Waals surface area contributed by atoms with Gasteiger partial charge in [-0.05, 0) is 52.7 Å². The van der Waals surface area contributed by atoms with Crippen LogP contribution in [0.5, 0.6) is 0 Å². The van der Waals surface area contributed by atoms with Gasteiger partial charge < -0.3 is 20.1 Å². The Labute approximate surface area is 119 Å². The van der Waals surface area contributed by atoms with E-state index in [-0.39, 0.29) is 0 Å². The van der Waals surface area contributed by atoms with Gasteiger partial charge in [0.15, 0.2) is 0 Å². The third-order valence-electron chi connectivity index (χ3n) is 4.63. The molecule has 0 atom stereocenters. The van der Waals surface area contributed by atoms with E-state index in [1.807, 2.05) is 27.7 Å². The first kappa shape index (κ1) is 13.9. The van der Waals surface area contributed by atoms with Crippen LogP contribution in [0.1, 0.15) is 46.2 Å². The van der Waals surface area contributed by atoms with Gasteiger partial charge in [-0.3, -0.25) is 4.98 Å². The second-order valence-electron chi connectivity index (χ2n) is 6.79. The molecule has 3 N–H and O–H groups in total. The fraction of sp³-hybridized carbons (Fsp3) is 0.643. The monoisotopic (exact) mass is 276 g/mol. The van der Waals surface area contributed by atoms with E-state index in [2.05, 4.69) is 4.98 Å². The maximum atomic E-state index is 10.2. The second kappa shape index (κ2) is 3.96. The number of anilines is 1. The first-order valence-electron chi connectivity index (χ1n) is 7.00. The molecule has 108 valence electrons. The standard InChI is InChI=1S/C14H21BN2O3/c1-12(2)13(3,4)20-15(19-12)11-9(16)5-6-10(17-11)14(18)7-8-14/h5-6,18H,7-8,16H2,1-4H3. The fourth-order valence-electron chi connectivity index (χ4n) is 2.26. The molecule has 0 amide bonds. The number of hydrogen-bond donors (Lipinski definition) is 2. The van der Waals surface area contributed by atoms with E-state index in [9.17, 15) is 5.11 Å². The molecule has 1 aliphatic carbocycles. The minimum Gasteiger partial charge on any atom is -0.398 e. The van der Waals surface area contributed by atoms with Crippen molar-refractivity contribution in [2.24, 2.45) is 0 Å². The summed E-state index contributed by atoms with van der Waals surface area (Å²) in [6.45, 7) is 7.95. The Morgan fingerprint density at radius 2 is 1.70 bits per heavy atom. The van der Waals surface area contributed by atoms with Gasteiger partial charge in [-0.25, -0.2) is 0 Å². The van der Waals surface area contributed by atoms with Crippen LogP contribution in [-0.2, 0) is 14.9 Å². The molecule has 3 rings (SSSR count). The molecule has 0 unspecified atom stereocenters. The molecular formula is C14H21BN2O3. The lowest BCUT2D eigenvalue weighted by molar-refractivity contribution is 0.00578. The van der Waals surface area contributed by atoms with Crippen LogP contribution in [0.25, 0.3) is 0 Å². The summed E-state index contributed by atoms with van der Waals surface area (Å²) in [5, 5.41) is 10.2. The van der Waals surface area contributed by atoms with Crippen molar-refractivity contribution >= 4 is 18.4 Å². The predicted molar refractivity (Wildman–Crippen MR) is 77.5 cm³/mol. The lowest BCUT2D eigenvalue weighted by Crippen LogP contribution is -2.41. The average Bonchev–Trinajstić information content (AvgIpc) is 3.02. The summed E-state index contributed by atoms with van der Waals surface area (Å²) >= 11 is 0. The molecule has 0 aromatic carbocycles. The van der Waals surface area contributed by atoms with Crippen LogP contribution in [0.15, 0.2) is 12.1 Å². The van der Waals surface area contributed by atoms with Crippen molar-refractivity contribution in [1.82, 2.24) is 4.98 Å². The Morgan fingerprint density at radius 3 is 2.20 bits per heavy atom. The summed E-state index contributed by atoms with van der Waals surface area (Å²) < 4.78 is 11.9. The lowest BCUT2D eigenvalue weighted by atomic mass is 9.82. The normalized spacial score (nSPS) is 25.8. The van der Waals surface area contributed by atoms with Crippen LogP contribution >= 0.6 is 0 Å². The zero-order chi connectivity index (χ0) is 14.8. The van der Waals surface area contributed by atoms with Gasteiger partial charge in [0, 0.05) is 5.69 Å². The van der Waals surface area contributed by atoms with Crippen molar-refractivity contribution in [2.75, 3.05) is 5.73 Å². The molecule has 0 radical (unpaired) electrons. The fourth-order valence-corrected chi connectivity index (χ4v) is 2.26. The SMILES string of the molecule is CC1(C)OB(c2nc(C3(O)CC3)ccc2N)OC1(C)C. The molecule has 5 nitrogen and oxygen atoms in total. The smallest absolute Gasteiger partial charge is 0.398 e. The van der Waals surface area contributed by atoms with Gasteiger partial charge in [0.2, 0.25) is 0 Å². The molecule has 1 aromatic rings. The Bertz CT molecular complexity index is 539. The van der Waals surface area contributed by atoms with Crippen molar-refractivity contribution in [3.05, 3.63) is 17.8 Å². The zero-order valence-electron chi connectivity index (χ0n) is 12.4. The molecule has 1 aliphatic heterocycles. The third kappa shape index (κ3) is 2.03. The summed E-state index contributed by atoms with van der Waals surface area (Å²) in [6, 6.07) is 3.54. The van der Waals surface area contributed by atoms with E-state index < -0.39 is 23.9 Å². The molecule has 6 heteroatoms. The molecular weight excluding hydrogens is 255 g/mol. The number of nitrogens with two attached hydrogens (primary N) is 1. The predicted octanol–water partition coefficient (Wildman–Crippen LogP) is 0.944. The van der Waals surface area contributed by atoms with Crippen LogP contribution in [0.2, 0.25) is 0 Å². The van der Waals surface area contributed by atoms with Crippen LogP contribution in [0.3, 0.4) is 0 Å². The number of rotatable bonds is 2. The van der Waals surface area contributed by atoms with E-state index in [0.29, 0.717) is 17.0 Å². The van der Waals surface area contributed by atoms with Crippen molar-refractivity contribution in [3.63, 3.8) is 0 Å². The molecule has 2 heterocycles. The Morgan fingerprint density at radius 1 is 1.15 bits per heavy atom. The summed E-state index contributed by atoms with van der Waals surface area (Å²) in [6.07, 6.45) is 1.49. The lowest BCUT2D eigenvalue weighted by Gasteiger charge is -2.32. The van der Waals surface area contributed by atoms with Gasteiger partial charge in [0.05, 0.1) is 22.5 Å². The Balaban J connectivity index is 1.95. The molecule has 1 saturated heterocycles. The van der Waals surface area contributed by atoms with Gasteiger partial charge in [0.25, 0.3) is 0 Å². The van der Waals surface area contributed by atoms with Gasteiger partial charge in [-0.1, -0.05) is 0 Å². The molecule has 2 aliphatic rings. The van der Waals surface area contributed by atoms with Gasteiger partial charge in [-0.2, -0.15) is 0 Å². The maximum Gasteiger partial charge on any atom is 0.516 e. The minimum atomic E-state index is -0.786. The third-order valence-corrected chi connectivity index (χ3v) is 4.63. The molecule has 20 heavy (non-hydrogen) atoms. The quantitative estimate of drug-likeness (QED) is 0.786. The molecule has 1 saturated carbocycles. The highest BCUT2D eigenvalue weighted by Crippen LogP contribution is 2.44. The minimum absolute atomic E-state index is 0.432. The van der Waals surface area contributed by atoms with Crippen LogP contribution in [0.4, 0.5) is 5.69 Å². The highest BCUT2D eigenvalue weighted by atomic mass is 16.7. The number of pyridine rings is 1. The number of aromatic nitrogens is 1. The second-order valence-corrected chi connectivity index (χ2v) is 6.79. The van der Waals surface area contributed by atoms with Gasteiger partial charge in [0.1, 0.15) is 5.60 Å². The highest BCUT2D eigenvalue weighted by molar-refractivity contribution is 6.62. The number of aliphatic hydroxyl groups is 1. The van der Waals surface area contributed by atoms with Gasteiger partial charge in [-0.15, -0.1) is 0 Å². The van der Waals surface area contributed by atoms with E-state index in [1.54, 1.807) is 12.1 Å². The van der Waals surface area contributed by atoms with Crippen LogP contribution in [-0.4, -0.2) is 28.4 Å². The largest absolute Gasteiger partial charge is 0.516 e. The molecule has 0 spiro atoms. The number of nitrogen functional groups attached to an aromatic ring is 1. The van der Waals surface area contributed by atoms with E-state index in [4.69, 9.17) is 15.0 Å². The van der Waals surface area contributed by atoms with Gasteiger partial charge >= 0.3 is 7.12 Å². The summed E-state index contributed by atoms with van der Waals surface area (Å²) in [5.74, 6) is 0. The maximum absolute atomic E-state index is 10.2. The van der Waals surface area contributed by atoms with Crippen LogP contribution < -0.4 is 11.3 Å². The Hall–Kier alpha value is -1.11. The zero-order valence-corrected chi connectivity index (χ0v) is 12.4. The van der Waals surface area contributed by atoms with E-state index >= 15 is 0 Å². The summed E-state index contributed by atoms with van der Waals surface area (Å²) in [7, 11) is -0.595. The van der Waals surface area contributed by atoms with Crippen molar-refractivity contribution in [2.45, 2.75) is 57.3 Å².